The highest BCUT2D eigenvalue weighted by molar-refractivity contribution is 5.99. The SMILES string of the molecule is COc1cc(C(=O)NC[C@H](c2cc3c(c(-c4cccc(C)c4)n2)OC[C@]3(C)C(N)=O)C2CC2)cc(C=NC2CC2)c1N. The van der Waals surface area contributed by atoms with Gasteiger partial charge in [-0.15, -0.1) is 0 Å². The molecule has 5 N–H and O–H groups in total. The van der Waals surface area contributed by atoms with Crippen LogP contribution in [0.15, 0.2) is 47.5 Å². The number of aryl methyl sites for hydroxylation is 1. The zero-order valence-corrected chi connectivity index (χ0v) is 24.3. The van der Waals surface area contributed by atoms with Crippen molar-refractivity contribution < 1.29 is 19.1 Å². The Morgan fingerprint density at radius 1 is 1.21 bits per heavy atom. The lowest BCUT2D eigenvalue weighted by atomic mass is 9.82. The molecule has 0 radical (unpaired) electrons. The van der Waals surface area contributed by atoms with E-state index in [2.05, 4.69) is 16.4 Å². The molecule has 2 amide bonds. The van der Waals surface area contributed by atoms with Crippen LogP contribution in [0.25, 0.3) is 11.3 Å². The maximum atomic E-state index is 13.5. The Labute approximate surface area is 245 Å². The molecule has 2 saturated carbocycles. The van der Waals surface area contributed by atoms with Gasteiger partial charge in [-0.2, -0.15) is 0 Å². The topological polar surface area (TPSA) is 142 Å². The molecule has 0 bridgehead atoms. The number of aliphatic imine (C=N–C) groups is 1. The highest BCUT2D eigenvalue weighted by atomic mass is 16.5. The van der Waals surface area contributed by atoms with E-state index in [4.69, 9.17) is 25.9 Å². The number of primary amides is 1. The molecular formula is C33H37N5O4. The Morgan fingerprint density at radius 3 is 2.67 bits per heavy atom. The number of anilines is 1. The maximum Gasteiger partial charge on any atom is 0.251 e. The second-order valence-corrected chi connectivity index (χ2v) is 12.0. The fourth-order valence-electron chi connectivity index (χ4n) is 5.57. The molecule has 3 aromatic rings. The average molecular weight is 568 g/mol. The fourth-order valence-corrected chi connectivity index (χ4v) is 5.57. The number of hydrogen-bond acceptors (Lipinski definition) is 7. The summed E-state index contributed by atoms with van der Waals surface area (Å²) in [4.78, 5) is 35.7. The summed E-state index contributed by atoms with van der Waals surface area (Å²) in [6.45, 7) is 4.39. The number of benzene rings is 2. The monoisotopic (exact) mass is 567 g/mol. The molecule has 2 aromatic carbocycles. The minimum atomic E-state index is -0.970. The van der Waals surface area contributed by atoms with Crippen molar-refractivity contribution in [3.8, 4) is 22.8 Å². The van der Waals surface area contributed by atoms with Crippen molar-refractivity contribution in [2.24, 2.45) is 16.6 Å². The number of aromatic nitrogens is 1. The van der Waals surface area contributed by atoms with Crippen LogP contribution < -0.4 is 26.3 Å². The minimum absolute atomic E-state index is 0.0490. The van der Waals surface area contributed by atoms with Gasteiger partial charge in [-0.05, 0) is 69.7 Å². The van der Waals surface area contributed by atoms with Crippen LogP contribution in [0.1, 0.15) is 71.3 Å². The highest BCUT2D eigenvalue weighted by Gasteiger charge is 2.45. The number of rotatable bonds is 10. The molecule has 2 aliphatic carbocycles. The number of carbonyl (C=O) groups excluding carboxylic acids is 2. The van der Waals surface area contributed by atoms with Gasteiger partial charge in [0.15, 0.2) is 0 Å². The van der Waals surface area contributed by atoms with Gasteiger partial charge in [0.1, 0.15) is 29.2 Å². The number of ether oxygens (including phenoxy) is 2. The van der Waals surface area contributed by atoms with Crippen molar-refractivity contribution >= 4 is 23.7 Å². The summed E-state index contributed by atoms with van der Waals surface area (Å²) in [5, 5.41) is 3.13. The van der Waals surface area contributed by atoms with E-state index in [0.29, 0.717) is 52.5 Å². The first-order valence-electron chi connectivity index (χ1n) is 14.5. The number of nitrogens with two attached hydrogens (primary N) is 2. The van der Waals surface area contributed by atoms with Crippen LogP contribution in [0, 0.1) is 12.8 Å². The molecular weight excluding hydrogens is 530 g/mol. The Bertz CT molecular complexity index is 1590. The molecule has 0 spiro atoms. The fraction of sp³-hybridized carbons (Fsp3) is 0.394. The predicted octanol–water partition coefficient (Wildman–Crippen LogP) is 4.29. The van der Waals surface area contributed by atoms with Crippen LogP contribution in [-0.2, 0) is 10.2 Å². The van der Waals surface area contributed by atoms with Crippen LogP contribution >= 0.6 is 0 Å². The first-order chi connectivity index (χ1) is 20.2. The second kappa shape index (κ2) is 10.8. The number of nitrogens with zero attached hydrogens (tertiary/aromatic N) is 2. The molecule has 9 nitrogen and oxygen atoms in total. The summed E-state index contributed by atoms with van der Waals surface area (Å²) in [5.74, 6) is 0.678. The van der Waals surface area contributed by atoms with E-state index >= 15 is 0 Å². The van der Waals surface area contributed by atoms with E-state index in [9.17, 15) is 9.59 Å². The van der Waals surface area contributed by atoms with E-state index in [-0.39, 0.29) is 18.4 Å². The number of amides is 2. The lowest BCUT2D eigenvalue weighted by molar-refractivity contribution is -0.123. The van der Waals surface area contributed by atoms with Crippen molar-refractivity contribution in [2.75, 3.05) is 26.0 Å². The maximum absolute atomic E-state index is 13.5. The molecule has 42 heavy (non-hydrogen) atoms. The summed E-state index contributed by atoms with van der Waals surface area (Å²) in [5.41, 5.74) is 17.0. The normalized spacial score (nSPS) is 20.2. The summed E-state index contributed by atoms with van der Waals surface area (Å²) >= 11 is 0. The lowest BCUT2D eigenvalue weighted by Crippen LogP contribution is -2.40. The minimum Gasteiger partial charge on any atom is -0.495 e. The standard InChI is InChI=1S/C33H37N5O4/c1-18-5-4-6-20(11-18)29-30-25(33(2,17-42-30)32(35)40)14-26(38-29)24(19-7-8-19)16-37-31(39)21-12-22(15-36-23-9-10-23)28(34)27(13-21)41-3/h4-6,11-15,19,23-24H,7-10,16-17,34H2,1-3H3,(H2,35,40)(H,37,39)/t24-,33-/m0/s1. The van der Waals surface area contributed by atoms with E-state index in [0.717, 1.165) is 48.1 Å². The van der Waals surface area contributed by atoms with Crippen LogP contribution in [0.3, 0.4) is 0 Å². The van der Waals surface area contributed by atoms with Crippen LogP contribution in [0.5, 0.6) is 11.5 Å². The van der Waals surface area contributed by atoms with Gasteiger partial charge in [0, 0.05) is 46.6 Å². The lowest BCUT2D eigenvalue weighted by Gasteiger charge is -2.22. The number of nitrogens with one attached hydrogen (secondary N) is 1. The number of pyridine rings is 1. The van der Waals surface area contributed by atoms with Gasteiger partial charge in [0.25, 0.3) is 5.91 Å². The van der Waals surface area contributed by atoms with Crippen LogP contribution in [0.4, 0.5) is 5.69 Å². The molecule has 2 atom stereocenters. The van der Waals surface area contributed by atoms with Gasteiger partial charge in [-0.25, -0.2) is 4.98 Å². The number of carbonyl (C=O) groups is 2. The van der Waals surface area contributed by atoms with E-state index in [1.807, 2.05) is 38.1 Å². The van der Waals surface area contributed by atoms with Crippen molar-refractivity contribution in [1.82, 2.24) is 10.3 Å². The number of fused-ring (bicyclic) bond motifs is 1. The first-order valence-corrected chi connectivity index (χ1v) is 14.5. The molecule has 1 aromatic heterocycles. The van der Waals surface area contributed by atoms with Crippen molar-refractivity contribution in [1.29, 1.82) is 0 Å². The van der Waals surface area contributed by atoms with Gasteiger partial charge >= 0.3 is 0 Å². The van der Waals surface area contributed by atoms with E-state index in [1.54, 1.807) is 18.3 Å². The molecule has 2 heterocycles. The largest absolute Gasteiger partial charge is 0.495 e. The third-order valence-corrected chi connectivity index (χ3v) is 8.61. The quantitative estimate of drug-likeness (QED) is 0.247. The second-order valence-electron chi connectivity index (χ2n) is 12.0. The third kappa shape index (κ3) is 5.31. The molecule has 3 aliphatic rings. The zero-order chi connectivity index (χ0) is 29.6. The highest BCUT2D eigenvalue weighted by Crippen LogP contribution is 2.48. The summed E-state index contributed by atoms with van der Waals surface area (Å²) in [6.07, 6.45) is 5.96. The van der Waals surface area contributed by atoms with Gasteiger partial charge in [-0.3, -0.25) is 14.6 Å². The van der Waals surface area contributed by atoms with Crippen LogP contribution in [-0.4, -0.2) is 49.3 Å². The summed E-state index contributed by atoms with van der Waals surface area (Å²) in [7, 11) is 1.53. The Balaban J connectivity index is 1.33. The first kappa shape index (κ1) is 27.8. The van der Waals surface area contributed by atoms with E-state index in [1.165, 1.54) is 7.11 Å². The van der Waals surface area contributed by atoms with Crippen LogP contribution in [0.2, 0.25) is 0 Å². The van der Waals surface area contributed by atoms with Gasteiger partial charge in [0.2, 0.25) is 5.91 Å². The molecule has 6 rings (SSSR count). The Morgan fingerprint density at radius 2 is 2.00 bits per heavy atom. The van der Waals surface area contributed by atoms with Crippen molar-refractivity contribution in [3.63, 3.8) is 0 Å². The van der Waals surface area contributed by atoms with E-state index < -0.39 is 11.3 Å². The Kier molecular flexibility index (Phi) is 7.12. The molecule has 2 fully saturated rings. The predicted molar refractivity (Wildman–Crippen MR) is 162 cm³/mol. The molecule has 1 aliphatic heterocycles. The number of methoxy groups -OCH3 is 1. The van der Waals surface area contributed by atoms with Crippen molar-refractivity contribution in [2.45, 2.75) is 56.9 Å². The summed E-state index contributed by atoms with van der Waals surface area (Å²) < 4.78 is 11.5. The average Bonchev–Trinajstić information content (AvgIpc) is 3.91. The summed E-state index contributed by atoms with van der Waals surface area (Å²) in [6, 6.07) is 13.8. The molecule has 0 saturated heterocycles. The third-order valence-electron chi connectivity index (χ3n) is 8.61. The molecule has 9 heteroatoms. The number of nitrogen functional groups attached to an aromatic ring is 1. The smallest absolute Gasteiger partial charge is 0.251 e. The van der Waals surface area contributed by atoms with Gasteiger partial charge in [-0.1, -0.05) is 23.8 Å². The zero-order valence-electron chi connectivity index (χ0n) is 24.3. The van der Waals surface area contributed by atoms with Gasteiger partial charge < -0.3 is 26.3 Å². The van der Waals surface area contributed by atoms with Crippen molar-refractivity contribution in [3.05, 3.63) is 70.4 Å². The Hall–Kier alpha value is -4.40. The molecule has 218 valence electrons. The van der Waals surface area contributed by atoms with Gasteiger partial charge in [0.05, 0.1) is 18.8 Å². The number of hydrogen-bond donors (Lipinski definition) is 3. The molecule has 0 unspecified atom stereocenters.